The summed E-state index contributed by atoms with van der Waals surface area (Å²) < 4.78 is 10.2. The Morgan fingerprint density at radius 2 is 1.82 bits per heavy atom. The standard InChI is InChI=1S/C17H17NO4/c1-12-10-13(17(20)18-11-16(19)21-2)8-9-15(12)22-14-6-4-3-5-7-14/h3-10H,11H2,1-2H3,(H,18,20). The second-order valence-corrected chi connectivity index (χ2v) is 4.65. The summed E-state index contributed by atoms with van der Waals surface area (Å²) in [6, 6.07) is 14.5. The van der Waals surface area contributed by atoms with Crippen LogP contribution in [0.4, 0.5) is 0 Å². The van der Waals surface area contributed by atoms with Gasteiger partial charge in [0.15, 0.2) is 0 Å². The molecular formula is C17H17NO4. The highest BCUT2D eigenvalue weighted by Crippen LogP contribution is 2.25. The molecule has 1 amide bonds. The molecule has 0 fully saturated rings. The number of carbonyl (C=O) groups is 2. The van der Waals surface area contributed by atoms with E-state index in [1.165, 1.54) is 7.11 Å². The van der Waals surface area contributed by atoms with Gasteiger partial charge in [-0.05, 0) is 42.8 Å². The van der Waals surface area contributed by atoms with E-state index >= 15 is 0 Å². The van der Waals surface area contributed by atoms with E-state index in [1.807, 2.05) is 37.3 Å². The Labute approximate surface area is 128 Å². The monoisotopic (exact) mass is 299 g/mol. The van der Waals surface area contributed by atoms with Crippen LogP contribution in [0.3, 0.4) is 0 Å². The first-order valence-corrected chi connectivity index (χ1v) is 6.78. The first kappa shape index (κ1) is 15.6. The van der Waals surface area contributed by atoms with Crippen LogP contribution < -0.4 is 10.1 Å². The number of carbonyl (C=O) groups excluding carboxylic acids is 2. The quantitative estimate of drug-likeness (QED) is 0.862. The van der Waals surface area contributed by atoms with Crippen molar-refractivity contribution in [1.29, 1.82) is 0 Å². The zero-order chi connectivity index (χ0) is 15.9. The van der Waals surface area contributed by atoms with E-state index in [1.54, 1.807) is 18.2 Å². The third-order valence-corrected chi connectivity index (χ3v) is 3.03. The van der Waals surface area contributed by atoms with Gasteiger partial charge in [-0.2, -0.15) is 0 Å². The summed E-state index contributed by atoms with van der Waals surface area (Å²) in [6.07, 6.45) is 0. The first-order chi connectivity index (χ1) is 10.6. The molecule has 0 saturated heterocycles. The van der Waals surface area contributed by atoms with Crippen LogP contribution in [0.5, 0.6) is 11.5 Å². The van der Waals surface area contributed by atoms with Gasteiger partial charge in [-0.3, -0.25) is 9.59 Å². The fourth-order valence-electron chi connectivity index (χ4n) is 1.85. The van der Waals surface area contributed by atoms with E-state index in [0.717, 1.165) is 11.3 Å². The van der Waals surface area contributed by atoms with Gasteiger partial charge in [-0.25, -0.2) is 0 Å². The zero-order valence-corrected chi connectivity index (χ0v) is 12.5. The highest BCUT2D eigenvalue weighted by atomic mass is 16.5. The van der Waals surface area contributed by atoms with Crippen molar-refractivity contribution in [1.82, 2.24) is 5.32 Å². The van der Waals surface area contributed by atoms with Gasteiger partial charge < -0.3 is 14.8 Å². The maximum atomic E-state index is 11.9. The minimum Gasteiger partial charge on any atom is -0.468 e. The first-order valence-electron chi connectivity index (χ1n) is 6.78. The Balaban J connectivity index is 2.06. The van der Waals surface area contributed by atoms with E-state index in [2.05, 4.69) is 10.1 Å². The highest BCUT2D eigenvalue weighted by molar-refractivity contribution is 5.96. The third-order valence-electron chi connectivity index (χ3n) is 3.03. The lowest BCUT2D eigenvalue weighted by atomic mass is 10.1. The highest BCUT2D eigenvalue weighted by Gasteiger charge is 2.10. The summed E-state index contributed by atoms with van der Waals surface area (Å²) in [7, 11) is 1.27. The van der Waals surface area contributed by atoms with Crippen LogP contribution in [0.1, 0.15) is 15.9 Å². The molecule has 0 aliphatic heterocycles. The minimum atomic E-state index is -0.492. The lowest BCUT2D eigenvalue weighted by Crippen LogP contribution is -2.30. The molecule has 5 nitrogen and oxygen atoms in total. The number of aryl methyl sites for hydroxylation is 1. The van der Waals surface area contributed by atoms with Crippen molar-refractivity contribution in [3.63, 3.8) is 0 Å². The molecule has 0 saturated carbocycles. The van der Waals surface area contributed by atoms with Crippen molar-refractivity contribution in [3.05, 3.63) is 59.7 Å². The predicted molar refractivity (Wildman–Crippen MR) is 82.0 cm³/mol. The molecule has 0 radical (unpaired) electrons. The van der Waals surface area contributed by atoms with Gasteiger partial charge in [0.1, 0.15) is 18.0 Å². The van der Waals surface area contributed by atoms with Crippen LogP contribution in [0.25, 0.3) is 0 Å². The normalized spacial score (nSPS) is 9.91. The predicted octanol–water partition coefficient (Wildman–Crippen LogP) is 2.69. The van der Waals surface area contributed by atoms with Gasteiger partial charge in [0.2, 0.25) is 0 Å². The lowest BCUT2D eigenvalue weighted by molar-refractivity contribution is -0.139. The summed E-state index contributed by atoms with van der Waals surface area (Å²) in [6.45, 7) is 1.70. The number of para-hydroxylation sites is 1. The van der Waals surface area contributed by atoms with E-state index in [9.17, 15) is 9.59 Å². The van der Waals surface area contributed by atoms with E-state index in [0.29, 0.717) is 11.3 Å². The molecule has 0 unspecified atom stereocenters. The fourth-order valence-corrected chi connectivity index (χ4v) is 1.85. The molecular weight excluding hydrogens is 282 g/mol. The molecule has 114 valence electrons. The van der Waals surface area contributed by atoms with Gasteiger partial charge in [-0.15, -0.1) is 0 Å². The van der Waals surface area contributed by atoms with Gasteiger partial charge in [-0.1, -0.05) is 18.2 Å². The van der Waals surface area contributed by atoms with E-state index in [4.69, 9.17) is 4.74 Å². The van der Waals surface area contributed by atoms with E-state index < -0.39 is 5.97 Å². The number of rotatable bonds is 5. The Bertz CT molecular complexity index is 668. The average molecular weight is 299 g/mol. The van der Waals surface area contributed by atoms with Crippen molar-refractivity contribution in [2.75, 3.05) is 13.7 Å². The van der Waals surface area contributed by atoms with Crippen LogP contribution in [-0.4, -0.2) is 25.5 Å². The van der Waals surface area contributed by atoms with Crippen molar-refractivity contribution < 1.29 is 19.1 Å². The molecule has 22 heavy (non-hydrogen) atoms. The summed E-state index contributed by atoms with van der Waals surface area (Å²) in [5.74, 6) is 0.582. The van der Waals surface area contributed by atoms with Crippen molar-refractivity contribution in [3.8, 4) is 11.5 Å². The molecule has 2 aromatic carbocycles. The molecule has 0 bridgehead atoms. The van der Waals surface area contributed by atoms with Gasteiger partial charge >= 0.3 is 5.97 Å². The molecule has 1 N–H and O–H groups in total. The topological polar surface area (TPSA) is 64.6 Å². The van der Waals surface area contributed by atoms with Crippen LogP contribution in [0.2, 0.25) is 0 Å². The Morgan fingerprint density at radius 1 is 1.09 bits per heavy atom. The maximum absolute atomic E-state index is 11.9. The smallest absolute Gasteiger partial charge is 0.325 e. The van der Waals surface area contributed by atoms with Crippen LogP contribution in [0.15, 0.2) is 48.5 Å². The second-order valence-electron chi connectivity index (χ2n) is 4.65. The SMILES string of the molecule is COC(=O)CNC(=O)c1ccc(Oc2ccccc2)c(C)c1. The van der Waals surface area contributed by atoms with E-state index in [-0.39, 0.29) is 12.5 Å². The summed E-state index contributed by atoms with van der Waals surface area (Å²) in [5, 5.41) is 2.49. The van der Waals surface area contributed by atoms with Gasteiger partial charge in [0.25, 0.3) is 5.91 Å². The number of benzene rings is 2. The Hall–Kier alpha value is -2.82. The van der Waals surface area contributed by atoms with Crippen molar-refractivity contribution in [2.24, 2.45) is 0 Å². The number of hydrogen-bond acceptors (Lipinski definition) is 4. The number of esters is 1. The third kappa shape index (κ3) is 4.09. The van der Waals surface area contributed by atoms with Gasteiger partial charge in [0.05, 0.1) is 7.11 Å². The van der Waals surface area contributed by atoms with Gasteiger partial charge in [0, 0.05) is 5.56 Å². The molecule has 0 heterocycles. The number of ether oxygens (including phenoxy) is 2. The number of hydrogen-bond donors (Lipinski definition) is 1. The summed E-state index contributed by atoms with van der Waals surface area (Å²) in [4.78, 5) is 22.9. The second kappa shape index (κ2) is 7.26. The molecule has 0 atom stereocenters. The minimum absolute atomic E-state index is 0.156. The molecule has 2 rings (SSSR count). The van der Waals surface area contributed by atoms with Crippen LogP contribution >= 0.6 is 0 Å². The van der Waals surface area contributed by atoms with Crippen molar-refractivity contribution >= 4 is 11.9 Å². The molecule has 0 aliphatic carbocycles. The average Bonchev–Trinajstić information content (AvgIpc) is 2.55. The Kier molecular flexibility index (Phi) is 5.14. The molecule has 5 heteroatoms. The molecule has 2 aromatic rings. The van der Waals surface area contributed by atoms with Crippen LogP contribution in [0, 0.1) is 6.92 Å². The number of amides is 1. The van der Waals surface area contributed by atoms with Crippen molar-refractivity contribution in [2.45, 2.75) is 6.92 Å². The number of methoxy groups -OCH3 is 1. The summed E-state index contributed by atoms with van der Waals surface area (Å²) >= 11 is 0. The summed E-state index contributed by atoms with van der Waals surface area (Å²) in [5.41, 5.74) is 1.29. The Morgan fingerprint density at radius 3 is 2.45 bits per heavy atom. The lowest BCUT2D eigenvalue weighted by Gasteiger charge is -2.10. The largest absolute Gasteiger partial charge is 0.468 e. The zero-order valence-electron chi connectivity index (χ0n) is 12.5. The molecule has 0 aromatic heterocycles. The maximum Gasteiger partial charge on any atom is 0.325 e. The van der Waals surface area contributed by atoms with Crippen LogP contribution in [-0.2, 0) is 9.53 Å². The number of nitrogens with one attached hydrogen (secondary N) is 1. The molecule has 0 spiro atoms. The molecule has 0 aliphatic rings. The fraction of sp³-hybridized carbons (Fsp3) is 0.176.